The summed E-state index contributed by atoms with van der Waals surface area (Å²) in [4.78, 5) is 45.0. The van der Waals surface area contributed by atoms with E-state index in [1.54, 1.807) is 26.0 Å². The highest BCUT2D eigenvalue weighted by Gasteiger charge is 2.24. The van der Waals surface area contributed by atoms with Gasteiger partial charge in [-0.3, -0.25) is 9.59 Å². The summed E-state index contributed by atoms with van der Waals surface area (Å²) in [6.07, 6.45) is 5.48. The van der Waals surface area contributed by atoms with Gasteiger partial charge in [0.25, 0.3) is 5.91 Å². The number of aryl methyl sites for hydroxylation is 2. The van der Waals surface area contributed by atoms with Gasteiger partial charge in [0.15, 0.2) is 0 Å². The lowest BCUT2D eigenvalue weighted by molar-refractivity contribution is -0.146. The lowest BCUT2D eigenvalue weighted by Crippen LogP contribution is -2.42. The molecule has 1 aromatic carbocycles. The summed E-state index contributed by atoms with van der Waals surface area (Å²) in [6, 6.07) is 6.25. The van der Waals surface area contributed by atoms with E-state index in [0.717, 1.165) is 48.1 Å². The molecule has 192 valence electrons. The summed E-state index contributed by atoms with van der Waals surface area (Å²) in [5, 5.41) is 2.67. The van der Waals surface area contributed by atoms with E-state index in [-0.39, 0.29) is 32.0 Å². The average molecular weight is 496 g/mol. The van der Waals surface area contributed by atoms with Gasteiger partial charge < -0.3 is 26.3 Å². The Bertz CT molecular complexity index is 1130. The smallest absolute Gasteiger partial charge is 0.328 e. The Kier molecular flexibility index (Phi) is 9.38. The van der Waals surface area contributed by atoms with E-state index in [4.69, 9.17) is 20.9 Å². The van der Waals surface area contributed by atoms with Crippen LogP contribution in [0.4, 0.5) is 11.8 Å². The molecule has 0 saturated carbocycles. The first kappa shape index (κ1) is 26.7. The molecule has 1 amide bonds. The summed E-state index contributed by atoms with van der Waals surface area (Å²) in [5.74, 6) is -0.810. The third-order valence-electron chi connectivity index (χ3n) is 5.84. The Morgan fingerprint density at radius 2 is 1.78 bits per heavy atom. The van der Waals surface area contributed by atoms with E-state index in [1.807, 2.05) is 12.1 Å². The average Bonchev–Trinajstić information content (AvgIpc) is 3.25. The second kappa shape index (κ2) is 12.7. The summed E-state index contributed by atoms with van der Waals surface area (Å²) in [7, 11) is 0. The lowest BCUT2D eigenvalue weighted by Gasteiger charge is -2.17. The SMILES string of the molecule is CCOC(=O)CC[C@H](NC(=O)c1ccc(CCC=C2CCc3nc(N)nc(N)c32)cc1)C(=O)OCC. The Labute approximate surface area is 210 Å². The number of nitrogens with two attached hydrogens (primary N) is 2. The zero-order valence-corrected chi connectivity index (χ0v) is 20.7. The van der Waals surface area contributed by atoms with Gasteiger partial charge in [0.2, 0.25) is 5.95 Å². The Hall–Kier alpha value is -3.95. The summed E-state index contributed by atoms with van der Waals surface area (Å²) in [6.45, 7) is 3.82. The molecule has 10 heteroatoms. The molecule has 0 aliphatic heterocycles. The molecule has 0 radical (unpaired) electrons. The number of hydrogen-bond acceptors (Lipinski definition) is 9. The molecule has 1 atom stereocenters. The van der Waals surface area contributed by atoms with E-state index in [0.29, 0.717) is 11.4 Å². The predicted octanol–water partition coefficient (Wildman–Crippen LogP) is 2.61. The topological polar surface area (TPSA) is 160 Å². The predicted molar refractivity (Wildman–Crippen MR) is 136 cm³/mol. The van der Waals surface area contributed by atoms with E-state index in [2.05, 4.69) is 21.4 Å². The van der Waals surface area contributed by atoms with Crippen LogP contribution in [0.3, 0.4) is 0 Å². The number of aromatic nitrogens is 2. The van der Waals surface area contributed by atoms with Crippen LogP contribution >= 0.6 is 0 Å². The van der Waals surface area contributed by atoms with E-state index in [9.17, 15) is 14.4 Å². The Balaban J connectivity index is 1.57. The fraction of sp³-hybridized carbons (Fsp3) is 0.423. The number of anilines is 2. The fourth-order valence-corrected chi connectivity index (χ4v) is 4.12. The minimum atomic E-state index is -0.936. The van der Waals surface area contributed by atoms with E-state index < -0.39 is 23.9 Å². The lowest BCUT2D eigenvalue weighted by atomic mass is 10.0. The number of allylic oxidation sites excluding steroid dienone is 2. The molecule has 10 nitrogen and oxygen atoms in total. The zero-order chi connectivity index (χ0) is 26.1. The highest BCUT2D eigenvalue weighted by atomic mass is 16.5. The maximum atomic E-state index is 12.7. The van der Waals surface area contributed by atoms with Crippen LogP contribution in [-0.4, -0.2) is 47.1 Å². The van der Waals surface area contributed by atoms with Crippen molar-refractivity contribution in [2.45, 2.75) is 58.4 Å². The van der Waals surface area contributed by atoms with Crippen molar-refractivity contribution in [3.63, 3.8) is 0 Å². The molecule has 1 aliphatic carbocycles. The van der Waals surface area contributed by atoms with Gasteiger partial charge in [0, 0.05) is 17.5 Å². The van der Waals surface area contributed by atoms with Gasteiger partial charge in [-0.05, 0) is 69.2 Å². The van der Waals surface area contributed by atoms with Crippen LogP contribution in [0.5, 0.6) is 0 Å². The van der Waals surface area contributed by atoms with Gasteiger partial charge >= 0.3 is 11.9 Å². The second-order valence-electron chi connectivity index (χ2n) is 8.38. The van der Waals surface area contributed by atoms with Crippen LogP contribution < -0.4 is 16.8 Å². The number of hydrogen-bond donors (Lipinski definition) is 3. The van der Waals surface area contributed by atoms with Crippen LogP contribution in [0.15, 0.2) is 30.3 Å². The number of esters is 2. The number of amides is 1. The number of nitrogen functional groups attached to an aromatic ring is 2. The number of carbonyl (C=O) groups excluding carboxylic acids is 3. The number of rotatable bonds is 11. The van der Waals surface area contributed by atoms with Crippen LogP contribution in [-0.2, 0) is 31.9 Å². The number of nitrogens with one attached hydrogen (secondary N) is 1. The van der Waals surface area contributed by atoms with Crippen LogP contribution in [0.25, 0.3) is 5.57 Å². The number of carbonyl (C=O) groups is 3. The molecular formula is C26H33N5O5. The molecular weight excluding hydrogens is 462 g/mol. The molecule has 1 aromatic heterocycles. The van der Waals surface area contributed by atoms with Crippen LogP contribution in [0.2, 0.25) is 0 Å². The standard InChI is InChI=1S/C26H33N5O5/c1-3-35-21(32)15-14-20(25(34)36-4-2)29-24(33)18-10-8-16(9-11-18)6-5-7-17-12-13-19-22(17)23(27)31-26(28)30-19/h7-11,20H,3-6,12-15H2,1-2H3,(H,29,33)(H4,27,28,30,31)/t20-/m0/s1. The number of nitrogens with zero attached hydrogens (tertiary/aromatic N) is 2. The van der Waals surface area contributed by atoms with E-state index in [1.165, 1.54) is 0 Å². The minimum Gasteiger partial charge on any atom is -0.466 e. The van der Waals surface area contributed by atoms with Gasteiger partial charge in [0.05, 0.1) is 18.9 Å². The highest BCUT2D eigenvalue weighted by molar-refractivity contribution is 5.96. The quantitative estimate of drug-likeness (QED) is 0.398. The van der Waals surface area contributed by atoms with Gasteiger partial charge in [0.1, 0.15) is 11.9 Å². The fourth-order valence-electron chi connectivity index (χ4n) is 4.12. The van der Waals surface area contributed by atoms with Gasteiger partial charge in [-0.15, -0.1) is 0 Å². The van der Waals surface area contributed by atoms with Crippen molar-refractivity contribution < 1.29 is 23.9 Å². The van der Waals surface area contributed by atoms with Crippen molar-refractivity contribution in [2.75, 3.05) is 24.7 Å². The molecule has 36 heavy (non-hydrogen) atoms. The van der Waals surface area contributed by atoms with Crippen molar-refractivity contribution >= 4 is 35.2 Å². The van der Waals surface area contributed by atoms with Gasteiger partial charge in [-0.1, -0.05) is 18.2 Å². The Morgan fingerprint density at radius 1 is 1.06 bits per heavy atom. The van der Waals surface area contributed by atoms with Crippen molar-refractivity contribution in [1.82, 2.24) is 15.3 Å². The first-order valence-corrected chi connectivity index (χ1v) is 12.2. The minimum absolute atomic E-state index is 0.00167. The van der Waals surface area contributed by atoms with Crippen molar-refractivity contribution in [3.8, 4) is 0 Å². The largest absolute Gasteiger partial charge is 0.466 e. The third-order valence-corrected chi connectivity index (χ3v) is 5.84. The van der Waals surface area contributed by atoms with E-state index >= 15 is 0 Å². The van der Waals surface area contributed by atoms with Crippen LogP contribution in [0, 0.1) is 0 Å². The van der Waals surface area contributed by atoms with Gasteiger partial charge in [-0.25, -0.2) is 9.78 Å². The molecule has 0 fully saturated rings. The number of ether oxygens (including phenoxy) is 2. The van der Waals surface area contributed by atoms with Crippen molar-refractivity contribution in [3.05, 3.63) is 52.7 Å². The maximum absolute atomic E-state index is 12.7. The summed E-state index contributed by atoms with van der Waals surface area (Å²) < 4.78 is 9.94. The highest BCUT2D eigenvalue weighted by Crippen LogP contribution is 2.35. The first-order chi connectivity index (χ1) is 17.3. The molecule has 3 rings (SSSR count). The molecule has 0 bridgehead atoms. The summed E-state index contributed by atoms with van der Waals surface area (Å²) >= 11 is 0. The Morgan fingerprint density at radius 3 is 2.47 bits per heavy atom. The van der Waals surface area contributed by atoms with Gasteiger partial charge in [-0.2, -0.15) is 4.98 Å². The first-order valence-electron chi connectivity index (χ1n) is 12.2. The summed E-state index contributed by atoms with van der Waals surface area (Å²) in [5.41, 5.74) is 16.1. The molecule has 2 aromatic rings. The van der Waals surface area contributed by atoms with Crippen molar-refractivity contribution in [2.24, 2.45) is 0 Å². The second-order valence-corrected chi connectivity index (χ2v) is 8.38. The monoisotopic (exact) mass is 495 g/mol. The molecule has 1 aliphatic rings. The molecule has 0 saturated heterocycles. The van der Waals surface area contributed by atoms with Crippen LogP contribution in [0.1, 0.15) is 66.7 Å². The normalized spacial score (nSPS) is 14.2. The zero-order valence-electron chi connectivity index (χ0n) is 20.7. The molecule has 5 N–H and O–H groups in total. The molecule has 1 heterocycles. The molecule has 0 unspecified atom stereocenters. The number of benzene rings is 1. The number of fused-ring (bicyclic) bond motifs is 1. The third kappa shape index (κ3) is 7.03. The van der Waals surface area contributed by atoms with Crippen molar-refractivity contribution in [1.29, 1.82) is 0 Å². The maximum Gasteiger partial charge on any atom is 0.328 e. The molecule has 0 spiro atoms.